The van der Waals surface area contributed by atoms with E-state index < -0.39 is 15.9 Å². The maximum atomic E-state index is 12.6. The first-order valence-corrected chi connectivity index (χ1v) is 9.43. The molecule has 0 bridgehead atoms. The van der Waals surface area contributed by atoms with Crippen molar-refractivity contribution < 1.29 is 17.9 Å². The molecule has 0 saturated carbocycles. The molecule has 2 atom stereocenters. The summed E-state index contributed by atoms with van der Waals surface area (Å²) in [4.78, 5) is 15.0. The fourth-order valence-electron chi connectivity index (χ4n) is 2.45. The van der Waals surface area contributed by atoms with Crippen LogP contribution in [0.15, 0.2) is 17.5 Å². The van der Waals surface area contributed by atoms with Gasteiger partial charge in [0.15, 0.2) is 9.84 Å². The Hall–Kier alpha value is -0.960. The highest BCUT2D eigenvalue weighted by Crippen LogP contribution is 2.23. The third-order valence-electron chi connectivity index (χ3n) is 3.58. The molecule has 2 N–H and O–H groups in total. The Morgan fingerprint density at radius 3 is 2.90 bits per heavy atom. The van der Waals surface area contributed by atoms with E-state index in [1.54, 1.807) is 12.0 Å². The summed E-state index contributed by atoms with van der Waals surface area (Å²) in [5.41, 5.74) is 6.02. The Morgan fingerprint density at radius 2 is 2.38 bits per heavy atom. The number of sulfone groups is 1. The second kappa shape index (κ2) is 6.87. The summed E-state index contributed by atoms with van der Waals surface area (Å²) in [6.07, 6.45) is 0.467. The van der Waals surface area contributed by atoms with E-state index in [-0.39, 0.29) is 23.5 Å². The van der Waals surface area contributed by atoms with Crippen molar-refractivity contribution in [3.05, 3.63) is 22.4 Å². The predicted molar refractivity (Wildman–Crippen MR) is 81.9 cm³/mol. The van der Waals surface area contributed by atoms with Gasteiger partial charge in [-0.25, -0.2) is 8.42 Å². The number of nitrogens with zero attached hydrogens (tertiary/aromatic N) is 1. The summed E-state index contributed by atoms with van der Waals surface area (Å²) in [5, 5.41) is 1.86. The average Bonchev–Trinajstić information content (AvgIpc) is 3.08. The van der Waals surface area contributed by atoms with E-state index in [1.807, 2.05) is 17.5 Å². The molecule has 0 aliphatic carbocycles. The summed E-state index contributed by atoms with van der Waals surface area (Å²) in [6.45, 7) is 0.716. The largest absolute Gasteiger partial charge is 0.383 e. The van der Waals surface area contributed by atoms with E-state index >= 15 is 0 Å². The molecule has 1 saturated heterocycles. The zero-order chi connectivity index (χ0) is 15.5. The van der Waals surface area contributed by atoms with Crippen LogP contribution in [0.25, 0.3) is 0 Å². The molecule has 1 aromatic rings. The Labute approximate surface area is 128 Å². The van der Waals surface area contributed by atoms with Gasteiger partial charge in [0.05, 0.1) is 18.1 Å². The summed E-state index contributed by atoms with van der Waals surface area (Å²) in [5.74, 6) is -0.0981. The fraction of sp³-hybridized carbons (Fsp3) is 0.615. The van der Waals surface area contributed by atoms with Crippen LogP contribution < -0.4 is 5.73 Å². The third-order valence-corrected chi connectivity index (χ3v) is 6.29. The molecule has 2 rings (SSSR count). The Bertz CT molecular complexity index is 571. The molecular weight excluding hydrogens is 312 g/mol. The van der Waals surface area contributed by atoms with Gasteiger partial charge in [0.2, 0.25) is 5.91 Å². The second-order valence-electron chi connectivity index (χ2n) is 5.07. The van der Waals surface area contributed by atoms with Crippen molar-refractivity contribution in [1.82, 2.24) is 4.90 Å². The molecule has 0 aromatic carbocycles. The maximum Gasteiger partial charge on any atom is 0.245 e. The first-order chi connectivity index (χ1) is 9.94. The monoisotopic (exact) mass is 332 g/mol. The minimum absolute atomic E-state index is 0.0135. The van der Waals surface area contributed by atoms with Crippen LogP contribution in [0.5, 0.6) is 0 Å². The van der Waals surface area contributed by atoms with Crippen LogP contribution in [0.2, 0.25) is 0 Å². The van der Waals surface area contributed by atoms with Crippen molar-refractivity contribution in [3.8, 4) is 0 Å². The molecule has 0 radical (unpaired) electrons. The molecule has 1 aliphatic rings. The summed E-state index contributed by atoms with van der Waals surface area (Å²) >= 11 is 1.42. The highest BCUT2D eigenvalue weighted by molar-refractivity contribution is 7.91. The van der Waals surface area contributed by atoms with Crippen LogP contribution in [-0.4, -0.2) is 57.0 Å². The minimum Gasteiger partial charge on any atom is -0.383 e. The van der Waals surface area contributed by atoms with Crippen molar-refractivity contribution in [3.63, 3.8) is 0 Å². The quantitative estimate of drug-likeness (QED) is 0.815. The van der Waals surface area contributed by atoms with E-state index in [4.69, 9.17) is 10.5 Å². The van der Waals surface area contributed by atoms with Gasteiger partial charge >= 0.3 is 0 Å². The number of nitrogens with two attached hydrogens (primary N) is 1. The van der Waals surface area contributed by atoms with Gasteiger partial charge in [-0.15, -0.1) is 11.3 Å². The fourth-order valence-corrected chi connectivity index (χ4v) is 4.90. The van der Waals surface area contributed by atoms with Gasteiger partial charge in [-0.2, -0.15) is 0 Å². The van der Waals surface area contributed by atoms with Crippen molar-refractivity contribution in [1.29, 1.82) is 0 Å². The molecule has 2 unspecified atom stereocenters. The van der Waals surface area contributed by atoms with Crippen LogP contribution in [0.4, 0.5) is 0 Å². The van der Waals surface area contributed by atoms with Crippen molar-refractivity contribution in [2.75, 3.05) is 31.8 Å². The van der Waals surface area contributed by atoms with Crippen LogP contribution in [0, 0.1) is 0 Å². The van der Waals surface area contributed by atoms with Crippen molar-refractivity contribution in [2.24, 2.45) is 5.73 Å². The molecule has 2 heterocycles. The Kier molecular flexibility index (Phi) is 5.37. The van der Waals surface area contributed by atoms with Crippen LogP contribution in [0.1, 0.15) is 17.3 Å². The third kappa shape index (κ3) is 4.03. The summed E-state index contributed by atoms with van der Waals surface area (Å²) in [6, 6.07) is 2.61. The lowest BCUT2D eigenvalue weighted by Crippen LogP contribution is -2.47. The molecule has 21 heavy (non-hydrogen) atoms. The summed E-state index contributed by atoms with van der Waals surface area (Å²) in [7, 11) is -1.50. The Morgan fingerprint density at radius 1 is 1.62 bits per heavy atom. The van der Waals surface area contributed by atoms with Crippen molar-refractivity contribution >= 4 is 27.1 Å². The van der Waals surface area contributed by atoms with Crippen LogP contribution >= 0.6 is 11.3 Å². The number of amides is 1. The number of carbonyl (C=O) groups is 1. The first-order valence-electron chi connectivity index (χ1n) is 6.73. The summed E-state index contributed by atoms with van der Waals surface area (Å²) < 4.78 is 28.3. The van der Waals surface area contributed by atoms with Gasteiger partial charge in [-0.05, 0) is 17.9 Å². The molecule has 6 nitrogen and oxygen atoms in total. The lowest BCUT2D eigenvalue weighted by Gasteiger charge is -2.30. The first kappa shape index (κ1) is 16.4. The smallest absolute Gasteiger partial charge is 0.245 e. The molecule has 1 aliphatic heterocycles. The standard InChI is InChI=1S/C13H20N2O4S2/c1-19-6-5-15(10-4-8-21(17,18)9-10)13(16)12(14)11-3-2-7-20-11/h2-3,7,10,12H,4-6,8-9,14H2,1H3. The second-order valence-corrected chi connectivity index (χ2v) is 8.28. The highest BCUT2D eigenvalue weighted by Gasteiger charge is 2.36. The number of carbonyl (C=O) groups excluding carboxylic acids is 1. The molecule has 0 spiro atoms. The zero-order valence-electron chi connectivity index (χ0n) is 11.9. The van der Waals surface area contributed by atoms with Gasteiger partial charge in [0, 0.05) is 24.6 Å². The molecule has 8 heteroatoms. The zero-order valence-corrected chi connectivity index (χ0v) is 13.5. The topological polar surface area (TPSA) is 89.7 Å². The number of rotatable bonds is 6. The lowest BCUT2D eigenvalue weighted by atomic mass is 10.1. The molecule has 1 aromatic heterocycles. The molecular formula is C13H20N2O4S2. The SMILES string of the molecule is COCCN(C(=O)C(N)c1cccs1)C1CCS(=O)(=O)C1. The van der Waals surface area contributed by atoms with E-state index in [9.17, 15) is 13.2 Å². The van der Waals surface area contributed by atoms with E-state index in [0.717, 1.165) is 4.88 Å². The Balaban J connectivity index is 2.13. The van der Waals surface area contributed by atoms with Gasteiger partial charge < -0.3 is 15.4 Å². The van der Waals surface area contributed by atoms with Gasteiger partial charge in [-0.1, -0.05) is 6.07 Å². The number of thiophene rings is 1. The van der Waals surface area contributed by atoms with Gasteiger partial charge in [-0.3, -0.25) is 4.79 Å². The number of ether oxygens (including phenoxy) is 1. The van der Waals surface area contributed by atoms with E-state index in [0.29, 0.717) is 19.6 Å². The highest BCUT2D eigenvalue weighted by atomic mass is 32.2. The van der Waals surface area contributed by atoms with Gasteiger partial charge in [0.25, 0.3) is 0 Å². The average molecular weight is 332 g/mol. The van der Waals surface area contributed by atoms with Gasteiger partial charge in [0.1, 0.15) is 6.04 Å². The number of methoxy groups -OCH3 is 1. The van der Waals surface area contributed by atoms with Crippen LogP contribution in [0.3, 0.4) is 0 Å². The van der Waals surface area contributed by atoms with E-state index in [2.05, 4.69) is 0 Å². The number of hydrogen-bond donors (Lipinski definition) is 1. The predicted octanol–water partition coefficient (Wildman–Crippen LogP) is 0.410. The maximum absolute atomic E-state index is 12.6. The normalized spacial score (nSPS) is 22.1. The van der Waals surface area contributed by atoms with Crippen molar-refractivity contribution in [2.45, 2.75) is 18.5 Å². The van der Waals surface area contributed by atoms with Crippen LogP contribution in [-0.2, 0) is 19.4 Å². The molecule has 1 amide bonds. The minimum atomic E-state index is -3.05. The van der Waals surface area contributed by atoms with E-state index in [1.165, 1.54) is 11.3 Å². The molecule has 118 valence electrons. The number of hydrogen-bond acceptors (Lipinski definition) is 6. The molecule has 1 fully saturated rings. The lowest BCUT2D eigenvalue weighted by molar-refractivity contribution is -0.135.